The van der Waals surface area contributed by atoms with Crippen molar-refractivity contribution in [3.8, 4) is 5.75 Å². The number of ether oxygens (including phenoxy) is 1. The lowest BCUT2D eigenvalue weighted by Gasteiger charge is -2.21. The molecule has 1 heterocycles. The fraction of sp³-hybridized carbons (Fsp3) is 0.769. The van der Waals surface area contributed by atoms with Crippen LogP contribution in [0.2, 0.25) is 0 Å². The van der Waals surface area contributed by atoms with Crippen molar-refractivity contribution in [3.63, 3.8) is 0 Å². The van der Waals surface area contributed by atoms with Gasteiger partial charge in [0.2, 0.25) is 0 Å². The number of nitrogens with zero attached hydrogens (tertiary/aromatic N) is 3. The molecule has 1 aromatic rings. The van der Waals surface area contributed by atoms with Gasteiger partial charge in [0.25, 0.3) is 0 Å². The summed E-state index contributed by atoms with van der Waals surface area (Å²) in [6, 6.07) is 0.287. The second-order valence-electron chi connectivity index (χ2n) is 4.82. The summed E-state index contributed by atoms with van der Waals surface area (Å²) in [5.74, 6) is 0.866. The highest BCUT2D eigenvalue weighted by Gasteiger charge is 2.20. The molecule has 0 spiro atoms. The fourth-order valence-electron chi connectivity index (χ4n) is 2.02. The maximum Gasteiger partial charge on any atom is 0.161 e. The average molecular weight is 254 g/mol. The van der Waals surface area contributed by atoms with E-state index in [1.54, 1.807) is 13.3 Å². The molecule has 18 heavy (non-hydrogen) atoms. The van der Waals surface area contributed by atoms with E-state index in [0.29, 0.717) is 0 Å². The van der Waals surface area contributed by atoms with Crippen LogP contribution in [0.15, 0.2) is 6.20 Å². The van der Waals surface area contributed by atoms with E-state index in [-0.39, 0.29) is 6.04 Å². The van der Waals surface area contributed by atoms with Gasteiger partial charge in [0.15, 0.2) is 5.75 Å². The Bertz CT molecular complexity index is 349. The minimum absolute atomic E-state index is 0.287. The second kappa shape index (κ2) is 7.38. The summed E-state index contributed by atoms with van der Waals surface area (Å²) in [5, 5.41) is 7.86. The summed E-state index contributed by atoms with van der Waals surface area (Å²) in [4.78, 5) is 2.20. The van der Waals surface area contributed by atoms with Crippen LogP contribution in [0, 0.1) is 0 Å². The second-order valence-corrected chi connectivity index (χ2v) is 4.82. The lowest BCUT2D eigenvalue weighted by molar-refractivity contribution is 0.342. The average Bonchev–Trinajstić information content (AvgIpc) is 2.71. The van der Waals surface area contributed by atoms with Crippen LogP contribution in [-0.2, 0) is 7.05 Å². The topological polar surface area (TPSA) is 42.3 Å². The Kier molecular flexibility index (Phi) is 6.15. The molecule has 0 aliphatic carbocycles. The molecule has 0 aliphatic rings. The van der Waals surface area contributed by atoms with Gasteiger partial charge in [-0.15, -0.1) is 0 Å². The van der Waals surface area contributed by atoms with E-state index in [4.69, 9.17) is 4.74 Å². The van der Waals surface area contributed by atoms with E-state index in [1.165, 1.54) is 0 Å². The Morgan fingerprint density at radius 1 is 1.50 bits per heavy atom. The lowest BCUT2D eigenvalue weighted by Crippen LogP contribution is -2.28. The Balaban J connectivity index is 2.82. The van der Waals surface area contributed by atoms with E-state index in [1.807, 2.05) is 11.7 Å². The highest BCUT2D eigenvalue weighted by atomic mass is 16.5. The van der Waals surface area contributed by atoms with Gasteiger partial charge in [-0.3, -0.25) is 4.68 Å². The van der Waals surface area contributed by atoms with E-state index in [2.05, 4.69) is 36.3 Å². The standard InChI is InChI=1S/C13H26N4O/c1-6-8-14-11(7-9-16(2)3)13-12(18-5)10-15-17(13)4/h10-11,14H,6-9H2,1-5H3. The molecule has 5 nitrogen and oxygen atoms in total. The summed E-state index contributed by atoms with van der Waals surface area (Å²) in [7, 11) is 7.85. The van der Waals surface area contributed by atoms with Crippen LogP contribution >= 0.6 is 0 Å². The third-order valence-electron chi connectivity index (χ3n) is 3.00. The highest BCUT2D eigenvalue weighted by molar-refractivity contribution is 5.28. The van der Waals surface area contributed by atoms with E-state index in [9.17, 15) is 0 Å². The molecule has 0 fully saturated rings. The van der Waals surface area contributed by atoms with Gasteiger partial charge < -0.3 is 15.0 Å². The van der Waals surface area contributed by atoms with E-state index < -0.39 is 0 Å². The van der Waals surface area contributed by atoms with Gasteiger partial charge in [-0.2, -0.15) is 5.10 Å². The first kappa shape index (κ1) is 15.0. The van der Waals surface area contributed by atoms with Gasteiger partial charge in [0, 0.05) is 7.05 Å². The van der Waals surface area contributed by atoms with Crippen LogP contribution < -0.4 is 10.1 Å². The lowest BCUT2D eigenvalue weighted by atomic mass is 10.1. The Labute approximate surface area is 110 Å². The van der Waals surface area contributed by atoms with Crippen molar-refractivity contribution in [2.75, 3.05) is 34.3 Å². The number of rotatable bonds is 8. The number of hydrogen-bond donors (Lipinski definition) is 1. The van der Waals surface area contributed by atoms with E-state index >= 15 is 0 Å². The first-order chi connectivity index (χ1) is 8.60. The number of aryl methyl sites for hydroxylation is 1. The summed E-state index contributed by atoms with van der Waals surface area (Å²) in [6.07, 6.45) is 3.95. The molecule has 0 saturated heterocycles. The van der Waals surface area contributed by atoms with E-state index in [0.717, 1.165) is 37.4 Å². The smallest absolute Gasteiger partial charge is 0.161 e. The molecule has 0 aromatic carbocycles. The number of hydrogen-bond acceptors (Lipinski definition) is 4. The zero-order chi connectivity index (χ0) is 13.5. The Morgan fingerprint density at radius 2 is 2.22 bits per heavy atom. The zero-order valence-corrected chi connectivity index (χ0v) is 12.2. The van der Waals surface area contributed by atoms with Crippen molar-refractivity contribution < 1.29 is 4.74 Å². The quantitative estimate of drug-likeness (QED) is 0.762. The van der Waals surface area contributed by atoms with Crippen LogP contribution in [0.1, 0.15) is 31.5 Å². The molecule has 104 valence electrons. The molecule has 1 unspecified atom stereocenters. The van der Waals surface area contributed by atoms with Crippen LogP contribution in [0.4, 0.5) is 0 Å². The predicted octanol–water partition coefficient (Wildman–Crippen LogP) is 1.42. The van der Waals surface area contributed by atoms with Crippen LogP contribution in [0.3, 0.4) is 0 Å². The molecule has 0 aliphatic heterocycles. The number of nitrogens with one attached hydrogen (secondary N) is 1. The maximum atomic E-state index is 5.40. The van der Waals surface area contributed by atoms with Crippen molar-refractivity contribution >= 4 is 0 Å². The van der Waals surface area contributed by atoms with Crippen LogP contribution in [0.5, 0.6) is 5.75 Å². The largest absolute Gasteiger partial charge is 0.493 e. The highest BCUT2D eigenvalue weighted by Crippen LogP contribution is 2.26. The molecular weight excluding hydrogens is 228 g/mol. The summed E-state index contributed by atoms with van der Waals surface area (Å²) in [5.41, 5.74) is 1.13. The fourth-order valence-corrected chi connectivity index (χ4v) is 2.02. The third-order valence-corrected chi connectivity index (χ3v) is 3.00. The Hall–Kier alpha value is -1.07. The maximum absolute atomic E-state index is 5.40. The molecule has 0 saturated carbocycles. The summed E-state index contributed by atoms with van der Waals surface area (Å²) in [6.45, 7) is 4.22. The van der Waals surface area contributed by atoms with Gasteiger partial charge >= 0.3 is 0 Å². The molecular formula is C13H26N4O. The molecule has 1 atom stereocenters. The Morgan fingerprint density at radius 3 is 2.78 bits per heavy atom. The van der Waals surface area contributed by atoms with Crippen molar-refractivity contribution in [1.29, 1.82) is 0 Å². The zero-order valence-electron chi connectivity index (χ0n) is 12.2. The van der Waals surface area contributed by atoms with Crippen LogP contribution in [-0.4, -0.2) is 49.0 Å². The first-order valence-electron chi connectivity index (χ1n) is 6.54. The molecule has 5 heteroatoms. The predicted molar refractivity (Wildman–Crippen MR) is 74.0 cm³/mol. The monoisotopic (exact) mass is 254 g/mol. The third kappa shape index (κ3) is 3.99. The van der Waals surface area contributed by atoms with Crippen molar-refractivity contribution in [1.82, 2.24) is 20.0 Å². The van der Waals surface area contributed by atoms with Crippen molar-refractivity contribution in [2.45, 2.75) is 25.8 Å². The molecule has 0 bridgehead atoms. The van der Waals surface area contributed by atoms with Crippen molar-refractivity contribution in [3.05, 3.63) is 11.9 Å². The molecule has 1 N–H and O–H groups in total. The van der Waals surface area contributed by atoms with Gasteiger partial charge in [-0.05, 0) is 40.0 Å². The molecule has 0 amide bonds. The minimum Gasteiger partial charge on any atom is -0.493 e. The van der Waals surface area contributed by atoms with Crippen LogP contribution in [0.25, 0.3) is 0 Å². The number of methoxy groups -OCH3 is 1. The summed E-state index contributed by atoms with van der Waals surface area (Å²) >= 11 is 0. The van der Waals surface area contributed by atoms with Gasteiger partial charge in [0.1, 0.15) is 0 Å². The number of aromatic nitrogens is 2. The van der Waals surface area contributed by atoms with Gasteiger partial charge in [-0.25, -0.2) is 0 Å². The summed E-state index contributed by atoms with van der Waals surface area (Å²) < 4.78 is 7.30. The minimum atomic E-state index is 0.287. The molecule has 0 radical (unpaired) electrons. The molecule has 1 rings (SSSR count). The van der Waals surface area contributed by atoms with Gasteiger partial charge in [0.05, 0.1) is 25.0 Å². The van der Waals surface area contributed by atoms with Crippen molar-refractivity contribution in [2.24, 2.45) is 7.05 Å². The molecule has 1 aromatic heterocycles. The SMILES string of the molecule is CCCNC(CCN(C)C)c1c(OC)cnn1C. The van der Waals surface area contributed by atoms with Gasteiger partial charge in [-0.1, -0.05) is 6.92 Å². The normalized spacial score (nSPS) is 13.0. The first-order valence-corrected chi connectivity index (χ1v) is 6.54.